The Morgan fingerprint density at radius 1 is 1.30 bits per heavy atom. The molecule has 0 bridgehead atoms. The van der Waals surface area contributed by atoms with E-state index in [9.17, 15) is 0 Å². The summed E-state index contributed by atoms with van der Waals surface area (Å²) in [7, 11) is 0. The number of aliphatic hydroxyl groups is 1. The number of benzene rings is 1. The van der Waals surface area contributed by atoms with Crippen LogP contribution in [0.4, 0.5) is 0 Å². The summed E-state index contributed by atoms with van der Waals surface area (Å²) in [6.07, 6.45) is -0.600. The quantitative estimate of drug-likeness (QED) is 0.754. The Kier molecular flexibility index (Phi) is 2.68. The highest BCUT2D eigenvalue weighted by molar-refractivity contribution is 14.1. The smallest absolute Gasteiger partial charge is 0.0791 e. The molecule has 0 saturated heterocycles. The molecule has 1 unspecified atom stereocenters. The van der Waals surface area contributed by atoms with Gasteiger partial charge in [0.05, 0.1) is 6.10 Å². The zero-order valence-corrected chi connectivity index (χ0v) is 7.58. The molecule has 0 aromatic heterocycles. The van der Waals surface area contributed by atoms with Crippen molar-refractivity contribution in [3.05, 3.63) is 40.3 Å². The van der Waals surface area contributed by atoms with E-state index in [1.807, 2.05) is 24.3 Å². The second-order valence-electron chi connectivity index (χ2n) is 2.07. The Bertz CT molecular complexity index is 203. The molecule has 0 aliphatic rings. The lowest BCUT2D eigenvalue weighted by Gasteiger charge is -2.02. The second-order valence-corrected chi connectivity index (χ2v) is 3.31. The summed E-state index contributed by atoms with van der Waals surface area (Å²) in [6, 6.07) is 7.65. The van der Waals surface area contributed by atoms with E-state index < -0.39 is 6.10 Å². The van der Waals surface area contributed by atoms with Crippen molar-refractivity contribution in [1.82, 2.24) is 0 Å². The topological polar surface area (TPSA) is 20.2 Å². The third-order valence-corrected chi connectivity index (χ3v) is 1.97. The van der Waals surface area contributed by atoms with Crippen LogP contribution in [-0.4, -0.2) is 5.11 Å². The molecule has 1 radical (unpaired) electrons. The predicted molar refractivity (Wildman–Crippen MR) is 49.5 cm³/mol. The van der Waals surface area contributed by atoms with Crippen molar-refractivity contribution >= 4 is 22.6 Å². The molecule has 1 atom stereocenters. The van der Waals surface area contributed by atoms with Crippen molar-refractivity contribution < 1.29 is 5.11 Å². The molecule has 53 valence electrons. The molecule has 0 aliphatic heterocycles. The van der Waals surface area contributed by atoms with Crippen molar-refractivity contribution in [2.24, 2.45) is 0 Å². The van der Waals surface area contributed by atoms with Gasteiger partial charge in [0.2, 0.25) is 0 Å². The van der Waals surface area contributed by atoms with Crippen molar-refractivity contribution in [2.45, 2.75) is 6.10 Å². The van der Waals surface area contributed by atoms with Gasteiger partial charge in [-0.2, -0.15) is 0 Å². The molecule has 0 aliphatic carbocycles. The minimum atomic E-state index is -0.600. The van der Waals surface area contributed by atoms with Crippen LogP contribution >= 0.6 is 22.6 Å². The molecule has 1 aromatic carbocycles. The van der Waals surface area contributed by atoms with Gasteiger partial charge >= 0.3 is 0 Å². The van der Waals surface area contributed by atoms with Gasteiger partial charge in [0, 0.05) is 3.57 Å². The van der Waals surface area contributed by atoms with Crippen LogP contribution in [0.5, 0.6) is 0 Å². The van der Waals surface area contributed by atoms with E-state index in [4.69, 9.17) is 5.11 Å². The van der Waals surface area contributed by atoms with Gasteiger partial charge < -0.3 is 5.11 Å². The van der Waals surface area contributed by atoms with Crippen LogP contribution in [0.2, 0.25) is 0 Å². The molecule has 1 N–H and O–H groups in total. The highest BCUT2D eigenvalue weighted by Crippen LogP contribution is 2.12. The van der Waals surface area contributed by atoms with Crippen LogP contribution in [0.3, 0.4) is 0 Å². The van der Waals surface area contributed by atoms with Crippen molar-refractivity contribution in [2.75, 3.05) is 0 Å². The molecule has 1 nitrogen and oxygen atoms in total. The third kappa shape index (κ3) is 1.95. The summed E-state index contributed by atoms with van der Waals surface area (Å²) >= 11 is 2.22. The maximum absolute atomic E-state index is 9.00. The van der Waals surface area contributed by atoms with Gasteiger partial charge in [0.15, 0.2) is 0 Å². The Hall–Kier alpha value is -0.0900. The van der Waals surface area contributed by atoms with E-state index in [-0.39, 0.29) is 0 Å². The first kappa shape index (κ1) is 8.01. The first-order chi connectivity index (χ1) is 4.70. The van der Waals surface area contributed by atoms with E-state index in [1.54, 1.807) is 0 Å². The molecule has 1 rings (SSSR count). The summed E-state index contributed by atoms with van der Waals surface area (Å²) in [5, 5.41) is 9.00. The van der Waals surface area contributed by atoms with Gasteiger partial charge in [-0.3, -0.25) is 0 Å². The standard InChI is InChI=1S/C8H8IO/c1-6(10)7-2-4-8(9)5-3-7/h2-6,10H,1H2. The fraction of sp³-hybridized carbons (Fsp3) is 0.125. The SMILES string of the molecule is [CH2]C(O)c1ccc(I)cc1. The maximum Gasteiger partial charge on any atom is 0.0791 e. The molecule has 0 heterocycles. The number of halogens is 1. The van der Waals surface area contributed by atoms with E-state index in [0.29, 0.717) is 0 Å². The minimum absolute atomic E-state index is 0.600. The van der Waals surface area contributed by atoms with E-state index in [1.165, 1.54) is 3.57 Å². The van der Waals surface area contributed by atoms with E-state index in [0.717, 1.165) is 5.56 Å². The Morgan fingerprint density at radius 2 is 1.80 bits per heavy atom. The van der Waals surface area contributed by atoms with Gasteiger partial charge in [-0.25, -0.2) is 0 Å². The van der Waals surface area contributed by atoms with Crippen LogP contribution in [0.25, 0.3) is 0 Å². The number of hydrogen-bond acceptors (Lipinski definition) is 1. The highest BCUT2D eigenvalue weighted by atomic mass is 127. The molecule has 1 aromatic rings. The second kappa shape index (κ2) is 3.34. The molecule has 0 amide bonds. The third-order valence-electron chi connectivity index (χ3n) is 1.25. The van der Waals surface area contributed by atoms with Crippen LogP contribution in [0, 0.1) is 10.5 Å². The summed E-state index contributed by atoms with van der Waals surface area (Å²) < 4.78 is 1.17. The summed E-state index contributed by atoms with van der Waals surface area (Å²) in [6.45, 7) is 3.49. The molecular weight excluding hydrogens is 239 g/mol. The van der Waals surface area contributed by atoms with Crippen molar-refractivity contribution in [1.29, 1.82) is 0 Å². The van der Waals surface area contributed by atoms with Crippen LogP contribution in [-0.2, 0) is 0 Å². The summed E-state index contributed by atoms with van der Waals surface area (Å²) in [5.41, 5.74) is 0.861. The first-order valence-electron chi connectivity index (χ1n) is 2.97. The summed E-state index contributed by atoms with van der Waals surface area (Å²) in [4.78, 5) is 0. The molecule has 2 heteroatoms. The Labute approximate surface area is 74.2 Å². The monoisotopic (exact) mass is 247 g/mol. The normalized spacial score (nSPS) is 13.1. The van der Waals surface area contributed by atoms with E-state index >= 15 is 0 Å². The zero-order chi connectivity index (χ0) is 7.56. The predicted octanol–water partition coefficient (Wildman–Crippen LogP) is 2.16. The fourth-order valence-corrected chi connectivity index (χ4v) is 1.04. The van der Waals surface area contributed by atoms with Gasteiger partial charge in [-0.1, -0.05) is 12.1 Å². The average molecular weight is 247 g/mol. The van der Waals surface area contributed by atoms with Gasteiger partial charge in [-0.15, -0.1) is 0 Å². The number of aliphatic hydroxyl groups excluding tert-OH is 1. The molecule has 0 saturated carbocycles. The Morgan fingerprint density at radius 3 is 2.20 bits per heavy atom. The fourth-order valence-electron chi connectivity index (χ4n) is 0.685. The largest absolute Gasteiger partial charge is 0.388 e. The minimum Gasteiger partial charge on any atom is -0.388 e. The van der Waals surface area contributed by atoms with Gasteiger partial charge in [-0.05, 0) is 47.2 Å². The first-order valence-corrected chi connectivity index (χ1v) is 4.04. The van der Waals surface area contributed by atoms with Gasteiger partial charge in [0.25, 0.3) is 0 Å². The highest BCUT2D eigenvalue weighted by Gasteiger charge is 1.97. The molecule has 0 spiro atoms. The molecular formula is C8H8IO. The van der Waals surface area contributed by atoms with Gasteiger partial charge in [0.1, 0.15) is 0 Å². The molecule has 10 heavy (non-hydrogen) atoms. The van der Waals surface area contributed by atoms with Crippen LogP contribution in [0.15, 0.2) is 24.3 Å². The van der Waals surface area contributed by atoms with Crippen LogP contribution < -0.4 is 0 Å². The molecule has 0 fully saturated rings. The summed E-state index contributed by atoms with van der Waals surface area (Å²) in [5.74, 6) is 0. The lowest BCUT2D eigenvalue weighted by Crippen LogP contribution is -1.89. The van der Waals surface area contributed by atoms with E-state index in [2.05, 4.69) is 29.5 Å². The average Bonchev–Trinajstić information content (AvgIpc) is 1.88. The lowest BCUT2D eigenvalue weighted by molar-refractivity contribution is 0.226. The van der Waals surface area contributed by atoms with Crippen molar-refractivity contribution in [3.8, 4) is 0 Å². The maximum atomic E-state index is 9.00. The number of rotatable bonds is 1. The Balaban J connectivity index is 2.89. The van der Waals surface area contributed by atoms with Crippen LogP contribution in [0.1, 0.15) is 11.7 Å². The zero-order valence-electron chi connectivity index (χ0n) is 5.42. The number of hydrogen-bond donors (Lipinski definition) is 1. The van der Waals surface area contributed by atoms with Crippen molar-refractivity contribution in [3.63, 3.8) is 0 Å². The lowest BCUT2D eigenvalue weighted by atomic mass is 10.1.